The van der Waals surface area contributed by atoms with Crippen LogP contribution in [0.1, 0.15) is 23.7 Å². The van der Waals surface area contributed by atoms with Crippen molar-refractivity contribution in [1.29, 1.82) is 0 Å². The molecule has 2 aliphatic rings. The number of fused-ring (bicyclic) bond motifs is 1. The molecule has 1 fully saturated rings. The fraction of sp³-hybridized carbons (Fsp3) is 0.500. The van der Waals surface area contributed by atoms with Gasteiger partial charge in [0.15, 0.2) is 11.5 Å². The molecule has 2 aliphatic heterocycles. The van der Waals surface area contributed by atoms with Crippen LogP contribution in [-0.2, 0) is 0 Å². The Balaban J connectivity index is 1.77. The van der Waals surface area contributed by atoms with Gasteiger partial charge in [0.05, 0.1) is 6.10 Å². The van der Waals surface area contributed by atoms with E-state index in [9.17, 15) is 9.90 Å². The molecule has 2 atom stereocenters. The van der Waals surface area contributed by atoms with Crippen LogP contribution in [0.3, 0.4) is 0 Å². The topological polar surface area (TPSA) is 59.0 Å². The van der Waals surface area contributed by atoms with Crippen LogP contribution in [0.15, 0.2) is 18.2 Å². The summed E-state index contributed by atoms with van der Waals surface area (Å²) in [5.41, 5.74) is 0.604. The Hall–Kier alpha value is -1.75. The van der Waals surface area contributed by atoms with Crippen molar-refractivity contribution in [1.82, 2.24) is 4.90 Å². The second-order valence-electron chi connectivity index (χ2n) is 5.15. The van der Waals surface area contributed by atoms with E-state index in [-0.39, 0.29) is 24.7 Å². The standard InChI is InChI=1S/C14H17NO4/c1-9-7-15(5-4-11(9)16)14(17)10-2-3-12-13(6-10)19-8-18-12/h2-3,6,9,11,16H,4-5,7-8H2,1H3. The van der Waals surface area contributed by atoms with Crippen molar-refractivity contribution in [3.8, 4) is 11.5 Å². The highest BCUT2D eigenvalue weighted by Crippen LogP contribution is 2.33. The number of aliphatic hydroxyl groups excluding tert-OH is 1. The van der Waals surface area contributed by atoms with Crippen molar-refractivity contribution in [2.45, 2.75) is 19.4 Å². The van der Waals surface area contributed by atoms with Crippen LogP contribution in [0.4, 0.5) is 0 Å². The first-order valence-electron chi connectivity index (χ1n) is 6.52. The zero-order chi connectivity index (χ0) is 13.4. The molecule has 1 aromatic rings. The highest BCUT2D eigenvalue weighted by molar-refractivity contribution is 5.95. The normalized spacial score (nSPS) is 25.5. The molecule has 5 heteroatoms. The molecule has 2 heterocycles. The van der Waals surface area contributed by atoms with Gasteiger partial charge in [-0.1, -0.05) is 6.92 Å². The molecule has 3 rings (SSSR count). The van der Waals surface area contributed by atoms with Crippen LogP contribution in [0, 0.1) is 5.92 Å². The van der Waals surface area contributed by atoms with Gasteiger partial charge < -0.3 is 19.5 Å². The highest BCUT2D eigenvalue weighted by Gasteiger charge is 2.28. The first kappa shape index (κ1) is 12.3. The SMILES string of the molecule is CC1CN(C(=O)c2ccc3c(c2)OCO3)CCC1O. The van der Waals surface area contributed by atoms with Crippen LogP contribution < -0.4 is 9.47 Å². The predicted molar refractivity (Wildman–Crippen MR) is 68.3 cm³/mol. The molecule has 1 N–H and O–H groups in total. The summed E-state index contributed by atoms with van der Waals surface area (Å²) in [6.45, 7) is 3.36. The van der Waals surface area contributed by atoms with Crippen LogP contribution >= 0.6 is 0 Å². The Kier molecular flexibility index (Phi) is 3.06. The number of amides is 1. The summed E-state index contributed by atoms with van der Waals surface area (Å²) in [7, 11) is 0. The van der Waals surface area contributed by atoms with Crippen LogP contribution in [0.2, 0.25) is 0 Å². The van der Waals surface area contributed by atoms with Gasteiger partial charge in [0, 0.05) is 18.7 Å². The van der Waals surface area contributed by atoms with Gasteiger partial charge in [0.25, 0.3) is 5.91 Å². The van der Waals surface area contributed by atoms with Crippen LogP contribution in [0.5, 0.6) is 11.5 Å². The average Bonchev–Trinajstić information content (AvgIpc) is 2.88. The summed E-state index contributed by atoms with van der Waals surface area (Å²) >= 11 is 0. The number of carbonyl (C=O) groups excluding carboxylic acids is 1. The van der Waals surface area contributed by atoms with Crippen LogP contribution in [0.25, 0.3) is 0 Å². The summed E-state index contributed by atoms with van der Waals surface area (Å²) in [6.07, 6.45) is 0.332. The molecule has 2 unspecified atom stereocenters. The fourth-order valence-electron chi connectivity index (χ4n) is 2.53. The minimum absolute atomic E-state index is 0.0166. The lowest BCUT2D eigenvalue weighted by atomic mass is 9.96. The van der Waals surface area contributed by atoms with Crippen molar-refractivity contribution in [3.05, 3.63) is 23.8 Å². The first-order valence-corrected chi connectivity index (χ1v) is 6.52. The average molecular weight is 263 g/mol. The summed E-state index contributed by atoms with van der Waals surface area (Å²) in [4.78, 5) is 14.2. The van der Waals surface area contributed by atoms with Gasteiger partial charge in [-0.2, -0.15) is 0 Å². The summed E-state index contributed by atoms with van der Waals surface area (Å²) < 4.78 is 10.5. The molecule has 0 aliphatic carbocycles. The third-order valence-corrected chi connectivity index (χ3v) is 3.77. The summed E-state index contributed by atoms with van der Waals surface area (Å²) in [5, 5.41) is 9.70. The van der Waals surface area contributed by atoms with Gasteiger partial charge in [0.1, 0.15) is 0 Å². The second kappa shape index (κ2) is 4.74. The van der Waals surface area contributed by atoms with Gasteiger partial charge in [0.2, 0.25) is 6.79 Å². The quantitative estimate of drug-likeness (QED) is 0.828. The van der Waals surface area contributed by atoms with Gasteiger partial charge >= 0.3 is 0 Å². The van der Waals surface area contributed by atoms with Crippen molar-refractivity contribution < 1.29 is 19.4 Å². The van der Waals surface area contributed by atoms with E-state index in [1.807, 2.05) is 6.92 Å². The smallest absolute Gasteiger partial charge is 0.254 e. The van der Waals surface area contributed by atoms with E-state index in [0.29, 0.717) is 36.6 Å². The summed E-state index contributed by atoms with van der Waals surface area (Å²) in [6, 6.07) is 5.24. The van der Waals surface area contributed by atoms with E-state index in [2.05, 4.69) is 0 Å². The minimum Gasteiger partial charge on any atom is -0.454 e. The number of ether oxygens (including phenoxy) is 2. The largest absolute Gasteiger partial charge is 0.454 e. The van der Waals surface area contributed by atoms with E-state index >= 15 is 0 Å². The lowest BCUT2D eigenvalue weighted by Crippen LogP contribution is -2.44. The molecule has 19 heavy (non-hydrogen) atoms. The maximum atomic E-state index is 12.4. The zero-order valence-corrected chi connectivity index (χ0v) is 10.8. The third-order valence-electron chi connectivity index (χ3n) is 3.77. The minimum atomic E-state index is -0.305. The maximum absolute atomic E-state index is 12.4. The number of nitrogens with zero attached hydrogens (tertiary/aromatic N) is 1. The Morgan fingerprint density at radius 1 is 1.37 bits per heavy atom. The molecule has 1 amide bonds. The molecular weight excluding hydrogens is 246 g/mol. The second-order valence-corrected chi connectivity index (χ2v) is 5.15. The van der Waals surface area contributed by atoms with E-state index < -0.39 is 0 Å². The number of rotatable bonds is 1. The van der Waals surface area contributed by atoms with Crippen molar-refractivity contribution in [2.24, 2.45) is 5.92 Å². The molecule has 0 aromatic heterocycles. The molecule has 0 radical (unpaired) electrons. The molecule has 0 bridgehead atoms. The van der Waals surface area contributed by atoms with Gasteiger partial charge in [-0.3, -0.25) is 4.79 Å². The van der Waals surface area contributed by atoms with Crippen LogP contribution in [-0.4, -0.2) is 41.9 Å². The molecular formula is C14H17NO4. The zero-order valence-electron chi connectivity index (χ0n) is 10.8. The maximum Gasteiger partial charge on any atom is 0.254 e. The van der Waals surface area contributed by atoms with Crippen molar-refractivity contribution in [2.75, 3.05) is 19.9 Å². The molecule has 0 spiro atoms. The number of hydrogen-bond acceptors (Lipinski definition) is 4. The highest BCUT2D eigenvalue weighted by atomic mass is 16.7. The Morgan fingerprint density at radius 2 is 2.16 bits per heavy atom. The summed E-state index contributed by atoms with van der Waals surface area (Å²) in [5.74, 6) is 1.40. The number of benzene rings is 1. The molecule has 1 aromatic carbocycles. The number of hydrogen-bond donors (Lipinski definition) is 1. The van der Waals surface area contributed by atoms with Crippen molar-refractivity contribution >= 4 is 5.91 Å². The van der Waals surface area contributed by atoms with E-state index in [0.717, 1.165) is 0 Å². The number of aliphatic hydroxyl groups is 1. The van der Waals surface area contributed by atoms with Crippen molar-refractivity contribution in [3.63, 3.8) is 0 Å². The molecule has 0 saturated carbocycles. The Morgan fingerprint density at radius 3 is 2.95 bits per heavy atom. The Labute approximate surface area is 111 Å². The van der Waals surface area contributed by atoms with E-state index in [4.69, 9.17) is 9.47 Å². The lowest BCUT2D eigenvalue weighted by Gasteiger charge is -2.34. The molecule has 5 nitrogen and oxygen atoms in total. The van der Waals surface area contributed by atoms with Gasteiger partial charge in [-0.05, 0) is 30.5 Å². The number of carbonyl (C=O) groups is 1. The predicted octanol–water partition coefficient (Wildman–Crippen LogP) is 1.26. The number of piperidine rings is 1. The fourth-order valence-corrected chi connectivity index (χ4v) is 2.53. The monoisotopic (exact) mass is 263 g/mol. The van der Waals surface area contributed by atoms with E-state index in [1.54, 1.807) is 23.1 Å². The lowest BCUT2D eigenvalue weighted by molar-refractivity contribution is 0.0297. The third kappa shape index (κ3) is 2.26. The number of likely N-dealkylation sites (tertiary alicyclic amines) is 1. The van der Waals surface area contributed by atoms with Gasteiger partial charge in [-0.15, -0.1) is 0 Å². The van der Waals surface area contributed by atoms with Gasteiger partial charge in [-0.25, -0.2) is 0 Å². The molecule has 1 saturated heterocycles. The molecule has 102 valence electrons. The first-order chi connectivity index (χ1) is 9.15. The Bertz CT molecular complexity index is 502. The van der Waals surface area contributed by atoms with E-state index in [1.165, 1.54) is 0 Å².